The quantitative estimate of drug-likeness (QED) is 0.793. The van der Waals surface area contributed by atoms with E-state index in [1.807, 2.05) is 0 Å². The molecule has 5 heteroatoms. The fourth-order valence-corrected chi connectivity index (χ4v) is 2.16. The lowest BCUT2D eigenvalue weighted by atomic mass is 9.94. The van der Waals surface area contributed by atoms with Crippen molar-refractivity contribution in [3.63, 3.8) is 0 Å². The highest BCUT2D eigenvalue weighted by atomic mass is 16.1. The van der Waals surface area contributed by atoms with Gasteiger partial charge in [0.15, 0.2) is 0 Å². The van der Waals surface area contributed by atoms with Crippen molar-refractivity contribution in [3.8, 4) is 0 Å². The summed E-state index contributed by atoms with van der Waals surface area (Å²) in [5, 5.41) is 5.95. The molecule has 1 unspecified atom stereocenters. The van der Waals surface area contributed by atoms with E-state index in [9.17, 15) is 4.79 Å². The zero-order valence-electron chi connectivity index (χ0n) is 10.1. The number of carbonyl (C=O) groups is 1. The molecule has 1 aromatic rings. The Labute approximate surface area is 101 Å². The summed E-state index contributed by atoms with van der Waals surface area (Å²) < 4.78 is 0. The number of aromatic nitrogens is 2. The van der Waals surface area contributed by atoms with Crippen molar-refractivity contribution >= 4 is 5.91 Å². The van der Waals surface area contributed by atoms with Gasteiger partial charge in [-0.3, -0.25) is 4.79 Å². The van der Waals surface area contributed by atoms with E-state index >= 15 is 0 Å². The number of rotatable bonds is 3. The van der Waals surface area contributed by atoms with Crippen LogP contribution in [0.15, 0.2) is 12.4 Å². The van der Waals surface area contributed by atoms with Crippen molar-refractivity contribution < 1.29 is 4.79 Å². The van der Waals surface area contributed by atoms with Gasteiger partial charge >= 0.3 is 0 Å². The van der Waals surface area contributed by atoms with Gasteiger partial charge in [-0.2, -0.15) is 0 Å². The van der Waals surface area contributed by atoms with Gasteiger partial charge in [-0.1, -0.05) is 0 Å². The first-order valence-electron chi connectivity index (χ1n) is 6.03. The van der Waals surface area contributed by atoms with E-state index in [0.29, 0.717) is 11.6 Å². The first kappa shape index (κ1) is 12.0. The van der Waals surface area contributed by atoms with Crippen molar-refractivity contribution in [3.05, 3.63) is 23.8 Å². The van der Waals surface area contributed by atoms with E-state index in [0.717, 1.165) is 25.2 Å². The summed E-state index contributed by atoms with van der Waals surface area (Å²) in [5.41, 5.74) is 1.40. The zero-order chi connectivity index (χ0) is 12.1. The largest absolute Gasteiger partial charge is 0.354 e. The van der Waals surface area contributed by atoms with Crippen LogP contribution in [-0.4, -0.2) is 36.0 Å². The Morgan fingerprint density at radius 3 is 3.18 bits per heavy atom. The molecule has 1 aliphatic rings. The van der Waals surface area contributed by atoms with Gasteiger partial charge in [0.25, 0.3) is 5.91 Å². The molecule has 1 saturated heterocycles. The molecular formula is C12H18N4O. The molecule has 0 aliphatic carbocycles. The van der Waals surface area contributed by atoms with Gasteiger partial charge in [0.2, 0.25) is 0 Å². The van der Waals surface area contributed by atoms with Gasteiger partial charge in [-0.15, -0.1) is 0 Å². The summed E-state index contributed by atoms with van der Waals surface area (Å²) in [6.45, 7) is 2.16. The number of amides is 1. The third-order valence-electron chi connectivity index (χ3n) is 3.08. The monoisotopic (exact) mass is 234 g/mol. The van der Waals surface area contributed by atoms with Crippen LogP contribution in [0.3, 0.4) is 0 Å². The number of carbonyl (C=O) groups excluding carboxylic acids is 1. The van der Waals surface area contributed by atoms with E-state index in [4.69, 9.17) is 0 Å². The standard InChI is InChI=1S/C12H18N4O/c1-13-12(17)11-6-10(15-8-16-11)5-9-3-2-4-14-7-9/h6,8-9,14H,2-5,7H2,1H3,(H,13,17). The second-order valence-electron chi connectivity index (χ2n) is 4.39. The van der Waals surface area contributed by atoms with Gasteiger partial charge in [-0.25, -0.2) is 9.97 Å². The van der Waals surface area contributed by atoms with Crippen molar-refractivity contribution in [2.24, 2.45) is 5.92 Å². The maximum Gasteiger partial charge on any atom is 0.269 e. The fraction of sp³-hybridized carbons (Fsp3) is 0.583. The maximum atomic E-state index is 11.4. The molecule has 1 amide bonds. The molecule has 0 aromatic carbocycles. The molecular weight excluding hydrogens is 216 g/mol. The Morgan fingerprint density at radius 2 is 2.47 bits per heavy atom. The van der Waals surface area contributed by atoms with Gasteiger partial charge in [0.05, 0.1) is 0 Å². The van der Waals surface area contributed by atoms with Crippen LogP contribution in [0.4, 0.5) is 0 Å². The maximum absolute atomic E-state index is 11.4. The summed E-state index contributed by atoms with van der Waals surface area (Å²) in [7, 11) is 1.61. The molecule has 0 bridgehead atoms. The lowest BCUT2D eigenvalue weighted by molar-refractivity contribution is 0.0958. The van der Waals surface area contributed by atoms with Crippen LogP contribution in [0.5, 0.6) is 0 Å². The molecule has 92 valence electrons. The summed E-state index contributed by atoms with van der Waals surface area (Å²) in [6, 6.07) is 1.79. The highest BCUT2D eigenvalue weighted by Gasteiger charge is 2.15. The molecule has 2 N–H and O–H groups in total. The van der Waals surface area contributed by atoms with Crippen LogP contribution in [0.1, 0.15) is 29.0 Å². The van der Waals surface area contributed by atoms with Crippen LogP contribution in [0, 0.1) is 5.92 Å². The Bertz CT molecular complexity index is 388. The zero-order valence-corrected chi connectivity index (χ0v) is 10.1. The van der Waals surface area contributed by atoms with Crippen LogP contribution in [-0.2, 0) is 6.42 Å². The lowest BCUT2D eigenvalue weighted by Gasteiger charge is -2.22. The van der Waals surface area contributed by atoms with Gasteiger partial charge in [-0.05, 0) is 44.3 Å². The lowest BCUT2D eigenvalue weighted by Crippen LogP contribution is -2.31. The minimum atomic E-state index is -0.157. The molecule has 1 aliphatic heterocycles. The van der Waals surface area contributed by atoms with Crippen LogP contribution in [0.25, 0.3) is 0 Å². The highest BCUT2D eigenvalue weighted by molar-refractivity contribution is 5.91. The van der Waals surface area contributed by atoms with E-state index < -0.39 is 0 Å². The molecule has 0 radical (unpaired) electrons. The van der Waals surface area contributed by atoms with Gasteiger partial charge < -0.3 is 10.6 Å². The number of hydrogen-bond donors (Lipinski definition) is 2. The van der Waals surface area contributed by atoms with E-state index in [1.54, 1.807) is 13.1 Å². The van der Waals surface area contributed by atoms with Crippen molar-refractivity contribution in [2.75, 3.05) is 20.1 Å². The molecule has 1 fully saturated rings. The highest BCUT2D eigenvalue weighted by Crippen LogP contribution is 2.15. The van der Waals surface area contributed by atoms with Crippen LogP contribution >= 0.6 is 0 Å². The first-order chi connectivity index (χ1) is 8.29. The van der Waals surface area contributed by atoms with Crippen LogP contribution in [0.2, 0.25) is 0 Å². The molecule has 17 heavy (non-hydrogen) atoms. The Balaban J connectivity index is 2.02. The molecule has 2 rings (SSSR count). The molecule has 0 spiro atoms. The van der Waals surface area contributed by atoms with Gasteiger partial charge in [0.1, 0.15) is 12.0 Å². The smallest absolute Gasteiger partial charge is 0.269 e. The van der Waals surface area contributed by atoms with Gasteiger partial charge in [0, 0.05) is 12.7 Å². The Kier molecular flexibility index (Phi) is 4.03. The number of piperidine rings is 1. The van der Waals surface area contributed by atoms with E-state index in [2.05, 4.69) is 20.6 Å². The third kappa shape index (κ3) is 3.23. The van der Waals surface area contributed by atoms with E-state index in [1.165, 1.54) is 19.2 Å². The van der Waals surface area contributed by atoms with E-state index in [-0.39, 0.29) is 5.91 Å². The minimum absolute atomic E-state index is 0.157. The fourth-order valence-electron chi connectivity index (χ4n) is 2.16. The number of nitrogens with one attached hydrogen (secondary N) is 2. The SMILES string of the molecule is CNC(=O)c1cc(CC2CCCNC2)ncn1. The molecule has 2 heterocycles. The predicted molar refractivity (Wildman–Crippen MR) is 64.7 cm³/mol. The summed E-state index contributed by atoms with van der Waals surface area (Å²) in [5.74, 6) is 0.464. The number of hydrogen-bond acceptors (Lipinski definition) is 4. The first-order valence-corrected chi connectivity index (χ1v) is 6.03. The van der Waals surface area contributed by atoms with Crippen molar-refractivity contribution in [2.45, 2.75) is 19.3 Å². The summed E-state index contributed by atoms with van der Waals surface area (Å²) in [6.07, 6.45) is 4.83. The normalized spacial score (nSPS) is 19.9. The predicted octanol–water partition coefficient (Wildman–Crippen LogP) is 0.378. The van der Waals surface area contributed by atoms with Crippen molar-refractivity contribution in [1.82, 2.24) is 20.6 Å². The summed E-state index contributed by atoms with van der Waals surface area (Å²) >= 11 is 0. The average molecular weight is 234 g/mol. The number of nitrogens with zero attached hydrogens (tertiary/aromatic N) is 2. The Morgan fingerprint density at radius 1 is 1.59 bits per heavy atom. The Hall–Kier alpha value is -1.49. The second-order valence-corrected chi connectivity index (χ2v) is 4.39. The molecule has 5 nitrogen and oxygen atoms in total. The third-order valence-corrected chi connectivity index (χ3v) is 3.08. The average Bonchev–Trinajstić information content (AvgIpc) is 2.39. The topological polar surface area (TPSA) is 66.9 Å². The molecule has 1 aromatic heterocycles. The minimum Gasteiger partial charge on any atom is -0.354 e. The van der Waals surface area contributed by atoms with Crippen molar-refractivity contribution in [1.29, 1.82) is 0 Å². The molecule has 1 atom stereocenters. The van der Waals surface area contributed by atoms with Crippen LogP contribution < -0.4 is 10.6 Å². The summed E-state index contributed by atoms with van der Waals surface area (Å²) in [4.78, 5) is 19.6. The second kappa shape index (κ2) is 5.72. The molecule has 0 saturated carbocycles.